The van der Waals surface area contributed by atoms with Gasteiger partial charge in [-0.2, -0.15) is 0 Å². The predicted molar refractivity (Wildman–Crippen MR) is 120 cm³/mol. The van der Waals surface area contributed by atoms with Crippen molar-refractivity contribution in [2.45, 2.75) is 147 Å². The molecular weight excluding hydrogens is 348 g/mol. The molecule has 1 rings (SSSR count). The number of allylic oxidation sites excluding steroid dienone is 1. The summed E-state index contributed by atoms with van der Waals surface area (Å²) in [4.78, 5) is 0. The quantitative estimate of drug-likeness (QED) is 0.188. The second-order valence-electron chi connectivity index (χ2n) is 8.82. The van der Waals surface area contributed by atoms with Crippen molar-refractivity contribution in [2.24, 2.45) is 0 Å². The van der Waals surface area contributed by atoms with Crippen molar-refractivity contribution in [2.75, 3.05) is 0 Å². The molecule has 0 aromatic heterocycles. The first kappa shape index (κ1) is 25.7. The van der Waals surface area contributed by atoms with Crippen LogP contribution in [0.4, 0.5) is 0 Å². The van der Waals surface area contributed by atoms with Gasteiger partial charge in [0.25, 0.3) is 0 Å². The average Bonchev–Trinajstić information content (AvgIpc) is 3.19. The Hall–Kier alpha value is -0.380. The number of rotatable bonds is 19. The van der Waals surface area contributed by atoms with Crippen LogP contribution in [-0.2, 0) is 4.74 Å². The Kier molecular flexibility index (Phi) is 16.0. The van der Waals surface area contributed by atoms with Crippen LogP contribution in [0.3, 0.4) is 0 Å². The van der Waals surface area contributed by atoms with Crippen LogP contribution in [0.25, 0.3) is 0 Å². The number of hydrogen-bond acceptors (Lipinski definition) is 3. The second-order valence-corrected chi connectivity index (χ2v) is 8.82. The van der Waals surface area contributed by atoms with Crippen molar-refractivity contribution in [3.63, 3.8) is 0 Å². The summed E-state index contributed by atoms with van der Waals surface area (Å²) in [7, 11) is 0. The number of aliphatic hydroxyl groups is 2. The lowest BCUT2D eigenvalue weighted by atomic mass is 10.0. The Balaban J connectivity index is 1.99. The van der Waals surface area contributed by atoms with Gasteiger partial charge in [0.2, 0.25) is 0 Å². The molecule has 1 aliphatic rings. The Morgan fingerprint density at radius 2 is 1.18 bits per heavy atom. The van der Waals surface area contributed by atoms with E-state index in [1.54, 1.807) is 0 Å². The minimum atomic E-state index is -0.377. The SMILES string of the molecule is C=CCCCCC[C@@H](O)[C@H]1CC[C@H]([C@@H](O)CCCCCCCCCCCC)O1. The van der Waals surface area contributed by atoms with Crippen LogP contribution >= 0.6 is 0 Å². The topological polar surface area (TPSA) is 49.7 Å². The minimum Gasteiger partial charge on any atom is -0.390 e. The highest BCUT2D eigenvalue weighted by atomic mass is 16.5. The molecule has 0 aromatic carbocycles. The summed E-state index contributed by atoms with van der Waals surface area (Å²) in [6.07, 6.45) is 22.1. The van der Waals surface area contributed by atoms with Gasteiger partial charge in [-0.25, -0.2) is 0 Å². The van der Waals surface area contributed by atoms with Gasteiger partial charge in [-0.05, 0) is 38.5 Å². The smallest absolute Gasteiger partial charge is 0.0840 e. The highest BCUT2D eigenvalue weighted by molar-refractivity contribution is 4.83. The molecule has 0 unspecified atom stereocenters. The van der Waals surface area contributed by atoms with Gasteiger partial charge in [0.1, 0.15) is 0 Å². The van der Waals surface area contributed by atoms with Gasteiger partial charge in [0.15, 0.2) is 0 Å². The Morgan fingerprint density at radius 1 is 0.750 bits per heavy atom. The maximum absolute atomic E-state index is 10.4. The van der Waals surface area contributed by atoms with Crippen molar-refractivity contribution in [3.8, 4) is 0 Å². The molecule has 0 radical (unpaired) electrons. The lowest BCUT2D eigenvalue weighted by Crippen LogP contribution is -2.31. The molecule has 1 fully saturated rings. The van der Waals surface area contributed by atoms with Crippen molar-refractivity contribution < 1.29 is 14.9 Å². The van der Waals surface area contributed by atoms with E-state index in [1.807, 2.05) is 6.08 Å². The number of ether oxygens (including phenoxy) is 1. The standard InChI is InChI=1S/C25H48O3/c1-3-5-7-9-10-11-12-13-15-17-19-23(27)25-21-20-24(28-25)22(26)18-16-14-8-6-4-2/h4,22-27H,2-3,5-21H2,1H3/t22-,23+,24-,25-/m1/s1. The summed E-state index contributed by atoms with van der Waals surface area (Å²) in [5.41, 5.74) is 0. The third kappa shape index (κ3) is 12.2. The van der Waals surface area contributed by atoms with Crippen LogP contribution in [0.5, 0.6) is 0 Å². The summed E-state index contributed by atoms with van der Waals surface area (Å²) < 4.78 is 5.99. The lowest BCUT2D eigenvalue weighted by molar-refractivity contribution is -0.0786. The zero-order chi connectivity index (χ0) is 20.5. The lowest BCUT2D eigenvalue weighted by Gasteiger charge is -2.22. The highest BCUT2D eigenvalue weighted by Gasteiger charge is 2.33. The predicted octanol–water partition coefficient (Wildman–Crippen LogP) is 6.70. The third-order valence-corrected chi connectivity index (χ3v) is 6.21. The molecule has 0 aliphatic carbocycles. The van der Waals surface area contributed by atoms with E-state index in [1.165, 1.54) is 57.8 Å². The first-order valence-electron chi connectivity index (χ1n) is 12.3. The number of hydrogen-bond donors (Lipinski definition) is 2. The van der Waals surface area contributed by atoms with E-state index < -0.39 is 0 Å². The van der Waals surface area contributed by atoms with Crippen molar-refractivity contribution in [1.29, 1.82) is 0 Å². The zero-order valence-electron chi connectivity index (χ0n) is 18.6. The summed E-state index contributed by atoms with van der Waals surface area (Å²) in [6.45, 7) is 6.00. The fourth-order valence-electron chi connectivity index (χ4n) is 4.29. The van der Waals surface area contributed by atoms with Gasteiger partial charge < -0.3 is 14.9 Å². The van der Waals surface area contributed by atoms with E-state index in [4.69, 9.17) is 4.74 Å². The van der Waals surface area contributed by atoms with Gasteiger partial charge >= 0.3 is 0 Å². The molecule has 0 bridgehead atoms. The van der Waals surface area contributed by atoms with Crippen molar-refractivity contribution in [1.82, 2.24) is 0 Å². The Labute approximate surface area is 175 Å². The van der Waals surface area contributed by atoms with Crippen LogP contribution in [0, 0.1) is 0 Å². The van der Waals surface area contributed by atoms with E-state index >= 15 is 0 Å². The maximum Gasteiger partial charge on any atom is 0.0840 e. The Bertz CT molecular complexity index is 358. The van der Waals surface area contributed by atoms with Crippen LogP contribution in [0.2, 0.25) is 0 Å². The normalized spacial score (nSPS) is 21.7. The van der Waals surface area contributed by atoms with Crippen molar-refractivity contribution in [3.05, 3.63) is 12.7 Å². The molecular formula is C25H48O3. The fraction of sp³-hybridized carbons (Fsp3) is 0.920. The molecule has 0 amide bonds. The molecule has 1 heterocycles. The summed E-state index contributed by atoms with van der Waals surface area (Å²) >= 11 is 0. The monoisotopic (exact) mass is 396 g/mol. The summed E-state index contributed by atoms with van der Waals surface area (Å²) in [5.74, 6) is 0. The van der Waals surface area contributed by atoms with Gasteiger partial charge in [0.05, 0.1) is 24.4 Å². The van der Waals surface area contributed by atoms with Crippen molar-refractivity contribution >= 4 is 0 Å². The molecule has 3 nitrogen and oxygen atoms in total. The molecule has 28 heavy (non-hydrogen) atoms. The minimum absolute atomic E-state index is 0.0704. The largest absolute Gasteiger partial charge is 0.390 e. The van der Waals surface area contributed by atoms with E-state index in [9.17, 15) is 10.2 Å². The maximum atomic E-state index is 10.4. The second kappa shape index (κ2) is 17.5. The molecule has 2 N–H and O–H groups in total. The highest BCUT2D eigenvalue weighted by Crippen LogP contribution is 2.28. The molecule has 1 saturated heterocycles. The van der Waals surface area contributed by atoms with E-state index in [0.29, 0.717) is 0 Å². The van der Waals surface area contributed by atoms with Crippen LogP contribution in [0.1, 0.15) is 122 Å². The summed E-state index contributed by atoms with van der Waals surface area (Å²) in [6, 6.07) is 0. The van der Waals surface area contributed by atoms with E-state index in [2.05, 4.69) is 13.5 Å². The van der Waals surface area contributed by atoms with Gasteiger partial charge in [-0.1, -0.05) is 90.0 Å². The van der Waals surface area contributed by atoms with E-state index in [-0.39, 0.29) is 24.4 Å². The molecule has 3 heteroatoms. The van der Waals surface area contributed by atoms with E-state index in [0.717, 1.165) is 57.8 Å². The van der Waals surface area contributed by atoms with Crippen LogP contribution < -0.4 is 0 Å². The molecule has 166 valence electrons. The first-order valence-corrected chi connectivity index (χ1v) is 12.3. The molecule has 0 spiro atoms. The molecule has 0 saturated carbocycles. The number of unbranched alkanes of at least 4 members (excludes halogenated alkanes) is 12. The van der Waals surface area contributed by atoms with Gasteiger partial charge in [-0.15, -0.1) is 6.58 Å². The zero-order valence-corrected chi connectivity index (χ0v) is 18.6. The average molecular weight is 397 g/mol. The van der Waals surface area contributed by atoms with Crippen LogP contribution in [0.15, 0.2) is 12.7 Å². The van der Waals surface area contributed by atoms with Crippen LogP contribution in [-0.4, -0.2) is 34.6 Å². The summed E-state index contributed by atoms with van der Waals surface area (Å²) in [5, 5.41) is 20.8. The number of aliphatic hydroxyl groups excluding tert-OH is 2. The Morgan fingerprint density at radius 3 is 1.64 bits per heavy atom. The third-order valence-electron chi connectivity index (χ3n) is 6.21. The molecule has 4 atom stereocenters. The first-order chi connectivity index (χ1) is 13.7. The van der Waals surface area contributed by atoms with Gasteiger partial charge in [-0.3, -0.25) is 0 Å². The van der Waals surface area contributed by atoms with Gasteiger partial charge in [0, 0.05) is 0 Å². The molecule has 1 aliphatic heterocycles. The molecule has 0 aromatic rings. The fourth-order valence-corrected chi connectivity index (χ4v) is 4.29.